The van der Waals surface area contributed by atoms with Gasteiger partial charge in [0.25, 0.3) is 0 Å². The van der Waals surface area contributed by atoms with E-state index in [0.717, 1.165) is 10.9 Å². The topological polar surface area (TPSA) is 489 Å². The number of phenolic OH excluding ortho intramolecular Hbond substituents is 2. The number of phenols is 2. The number of hydrogen-bond acceptors (Lipinski definition) is 18. The Kier molecular flexibility index (Phi) is 32.5. The molecule has 2 aliphatic heterocycles. The number of aromatic nitrogens is 1. The number of aliphatic carboxylic acids is 1. The molecule has 19 N–H and O–H groups in total. The van der Waals surface area contributed by atoms with Crippen molar-refractivity contribution in [2.75, 3.05) is 32.8 Å². The number of carbonyl (C=O) groups excluding carboxylic acids is 11. The third kappa shape index (κ3) is 25.0. The highest BCUT2D eigenvalue weighted by Crippen LogP contribution is 2.26. The van der Waals surface area contributed by atoms with Crippen LogP contribution in [-0.4, -0.2) is 217 Å². The van der Waals surface area contributed by atoms with Crippen LogP contribution >= 0.6 is 0 Å². The lowest BCUT2D eigenvalue weighted by Gasteiger charge is -2.32. The van der Waals surface area contributed by atoms with Crippen molar-refractivity contribution in [1.82, 2.24) is 62.6 Å². The van der Waals surface area contributed by atoms with E-state index in [1.54, 1.807) is 78.1 Å². The third-order valence-electron chi connectivity index (χ3n) is 18.6. The van der Waals surface area contributed by atoms with Gasteiger partial charge in [-0.25, -0.2) is 4.79 Å². The van der Waals surface area contributed by atoms with Crippen LogP contribution < -0.4 is 59.3 Å². The van der Waals surface area contributed by atoms with E-state index in [0.29, 0.717) is 55.3 Å². The summed E-state index contributed by atoms with van der Waals surface area (Å²) < 4.78 is 0. The first-order valence-electron chi connectivity index (χ1n) is 36.2. The average Bonchev–Trinajstić information content (AvgIpc) is 1.64. The van der Waals surface area contributed by atoms with Gasteiger partial charge in [-0.2, -0.15) is 0 Å². The zero-order valence-electron chi connectivity index (χ0n) is 61.2. The van der Waals surface area contributed by atoms with Crippen molar-refractivity contribution in [2.24, 2.45) is 35.1 Å². The Bertz CT molecular complexity index is 3620. The van der Waals surface area contributed by atoms with Crippen molar-refractivity contribution < 1.29 is 83.1 Å². The lowest BCUT2D eigenvalue weighted by atomic mass is 9.99. The van der Waals surface area contributed by atoms with Crippen molar-refractivity contribution in [1.29, 1.82) is 0 Å². The number of aromatic hydroxyl groups is 2. The molecule has 2 saturated heterocycles. The molecule has 12 atom stereocenters. The summed E-state index contributed by atoms with van der Waals surface area (Å²) in [6.45, 7) is 12.5. The van der Waals surface area contributed by atoms with Gasteiger partial charge in [-0.3, -0.25) is 52.7 Å². The minimum atomic E-state index is -1.73. The Balaban J connectivity index is 1.22. The fraction of sp³-hybridized carbons (Fsp3) is 0.568. The number of nitrogens with one attached hydrogen (secondary N) is 10. The van der Waals surface area contributed by atoms with Gasteiger partial charge >= 0.3 is 5.97 Å². The van der Waals surface area contributed by atoms with Crippen molar-refractivity contribution in [3.63, 3.8) is 0 Å². The van der Waals surface area contributed by atoms with Crippen LogP contribution in [0.1, 0.15) is 136 Å². The molecular weight excluding hydrogens is 1360 g/mol. The minimum absolute atomic E-state index is 0.0138. The third-order valence-corrected chi connectivity index (χ3v) is 18.6. The number of carboxylic acids is 1. The number of rotatable bonds is 40. The van der Waals surface area contributed by atoms with Crippen LogP contribution in [0.15, 0.2) is 79.0 Å². The summed E-state index contributed by atoms with van der Waals surface area (Å²) in [5.41, 5.74) is 14.3. The highest BCUT2D eigenvalue weighted by Gasteiger charge is 2.44. The van der Waals surface area contributed by atoms with Crippen LogP contribution in [0.3, 0.4) is 0 Å². The Hall–Kier alpha value is -9.72. The van der Waals surface area contributed by atoms with Crippen LogP contribution in [0.5, 0.6) is 11.5 Å². The monoisotopic (exact) mass is 1460 g/mol. The molecule has 105 heavy (non-hydrogen) atoms. The summed E-state index contributed by atoms with van der Waals surface area (Å²) in [5, 5.41) is 74.7. The zero-order chi connectivity index (χ0) is 77.4. The van der Waals surface area contributed by atoms with Gasteiger partial charge in [0.1, 0.15) is 78.0 Å². The maximum atomic E-state index is 15.4. The molecule has 3 aromatic carbocycles. The number of aliphatic hydroxyl groups excluding tert-OH is 2. The van der Waals surface area contributed by atoms with Crippen LogP contribution in [0.4, 0.5) is 0 Å². The maximum Gasteiger partial charge on any atom is 0.326 e. The predicted octanol–water partition coefficient (Wildman–Crippen LogP) is 0.272. The van der Waals surface area contributed by atoms with Crippen molar-refractivity contribution >= 4 is 81.9 Å². The van der Waals surface area contributed by atoms with E-state index in [1.807, 2.05) is 32.0 Å². The second-order valence-corrected chi connectivity index (χ2v) is 28.9. The van der Waals surface area contributed by atoms with Crippen molar-refractivity contribution in [2.45, 2.75) is 211 Å². The number of carbonyl (C=O) groups is 12. The second-order valence-electron chi connectivity index (χ2n) is 28.9. The largest absolute Gasteiger partial charge is 0.508 e. The van der Waals surface area contributed by atoms with Gasteiger partial charge in [0.15, 0.2) is 0 Å². The Labute approximate surface area is 611 Å². The summed E-state index contributed by atoms with van der Waals surface area (Å²) >= 11 is 0. The number of nitrogens with zero attached hydrogens (tertiary/aromatic N) is 2. The summed E-state index contributed by atoms with van der Waals surface area (Å²) in [5.74, 6) is -11.5. The maximum absolute atomic E-state index is 15.4. The number of hydrogen-bond donors (Lipinski definition) is 17. The van der Waals surface area contributed by atoms with Gasteiger partial charge in [0, 0.05) is 49.5 Å². The number of aliphatic hydroxyl groups is 2. The number of H-pyrrole nitrogens is 1. The molecule has 12 unspecified atom stereocenters. The smallest absolute Gasteiger partial charge is 0.326 e. The number of nitrogens with two attached hydrogens (primary N) is 2. The summed E-state index contributed by atoms with van der Waals surface area (Å²) in [4.78, 5) is 176. The molecule has 2 fully saturated rings. The summed E-state index contributed by atoms with van der Waals surface area (Å²) in [6, 6.07) is 3.13. The molecule has 0 saturated carbocycles. The molecule has 576 valence electrons. The van der Waals surface area contributed by atoms with E-state index in [4.69, 9.17) is 11.5 Å². The number of likely N-dealkylation sites (tertiary alicyclic amines) is 2. The molecule has 3 heterocycles. The quantitative estimate of drug-likeness (QED) is 0.0266. The minimum Gasteiger partial charge on any atom is -0.508 e. The van der Waals surface area contributed by atoms with Gasteiger partial charge in [-0.05, 0) is 135 Å². The van der Waals surface area contributed by atoms with E-state index in [9.17, 15) is 73.5 Å². The molecule has 6 rings (SSSR count). The number of aromatic amines is 1. The van der Waals surface area contributed by atoms with Gasteiger partial charge < -0.3 is 99.6 Å². The second kappa shape index (κ2) is 40.5. The number of amides is 11. The normalized spacial score (nSPS) is 17.3. The average molecular weight is 1470 g/mol. The van der Waals surface area contributed by atoms with E-state index >= 15 is 9.59 Å². The first kappa shape index (κ1) is 84.2. The van der Waals surface area contributed by atoms with Crippen LogP contribution in [0, 0.1) is 23.7 Å². The molecule has 0 radical (unpaired) electrons. The molecule has 0 aliphatic carbocycles. The highest BCUT2D eigenvalue weighted by atomic mass is 16.4. The molecule has 1 aromatic heterocycles. The van der Waals surface area contributed by atoms with Crippen molar-refractivity contribution in [3.8, 4) is 11.5 Å². The van der Waals surface area contributed by atoms with Crippen LogP contribution in [0.25, 0.3) is 10.9 Å². The highest BCUT2D eigenvalue weighted by molar-refractivity contribution is 6.00. The van der Waals surface area contributed by atoms with E-state index < -0.39 is 163 Å². The van der Waals surface area contributed by atoms with E-state index in [-0.39, 0.29) is 93.7 Å². The van der Waals surface area contributed by atoms with Crippen molar-refractivity contribution in [3.05, 3.63) is 95.7 Å². The first-order valence-corrected chi connectivity index (χ1v) is 36.2. The van der Waals surface area contributed by atoms with Crippen LogP contribution in [0.2, 0.25) is 0 Å². The number of unbranched alkanes of at least 4 members (excludes halogenated alkanes) is 1. The number of carboxylic acid groups (broad SMARTS) is 1. The zero-order valence-corrected chi connectivity index (χ0v) is 61.2. The standard InChI is InChI=1S/C74H108N14O17/c1-40(2)31-52(64(94)84-59(39-90)68(98)85-58(38-89)67(97)83-57(74(104)105)33-42(5)6)80-71(101)62(43(7)8)86-70(100)61-19-14-30-88(61)73(103)56(36-46-37-77-51-17-10-9-15-49(46)51)82-66(96)54(35-45-22-26-48(92)27-23-45)79-69(99)60-18-13-29-87(60)72(102)55(32-41(3)4)81-65(95)53(34-44-20-24-47(91)25-21-44)78-63(93)50(76)16-11-12-28-75/h9-10,15,17,20-27,37,40-43,50,52-62,77,89-92H,11-14,16,18-19,28-36,38-39,75-76H2,1-8H3,(H,78,93)(H,79,99)(H,80,101)(H,81,95)(H,82,96)(H,83,97)(H,84,94)(H,85,98)(H,86,100)(H,104,105). The molecule has 31 heteroatoms. The molecule has 2 aliphatic rings. The number of para-hydroxylation sites is 1. The number of fused-ring (bicyclic) bond motifs is 1. The molecular formula is C74H108N14O17. The SMILES string of the molecule is CC(C)CC(NC(=O)C(CO)NC(=O)C(CO)NC(=O)C(CC(C)C)NC(=O)C(NC(=O)C1CCCN1C(=O)C(Cc1c[nH]c2ccccc12)NC(=O)C(Cc1ccc(O)cc1)NC(=O)C1CCCN1C(=O)C(CC(C)C)NC(=O)C(Cc1ccc(O)cc1)NC(=O)C(N)CCCCN)C(C)C)C(=O)O. The Morgan fingerprint density at radius 1 is 0.486 bits per heavy atom. The fourth-order valence-electron chi connectivity index (χ4n) is 13.0. The lowest BCUT2D eigenvalue weighted by molar-refractivity contribution is -0.143. The van der Waals surface area contributed by atoms with Gasteiger partial charge in [-0.1, -0.05) is 104 Å². The van der Waals surface area contributed by atoms with Crippen LogP contribution in [-0.2, 0) is 76.8 Å². The molecule has 0 bridgehead atoms. The summed E-state index contributed by atoms with van der Waals surface area (Å²) in [7, 11) is 0. The predicted molar refractivity (Wildman–Crippen MR) is 388 cm³/mol. The van der Waals surface area contributed by atoms with Gasteiger partial charge in [0.05, 0.1) is 19.3 Å². The van der Waals surface area contributed by atoms with E-state index in [2.05, 4.69) is 52.8 Å². The summed E-state index contributed by atoms with van der Waals surface area (Å²) in [6.07, 6.45) is 3.94. The van der Waals surface area contributed by atoms with Gasteiger partial charge in [0.2, 0.25) is 65.0 Å². The number of benzene rings is 3. The Morgan fingerprint density at radius 2 is 0.905 bits per heavy atom. The first-order chi connectivity index (χ1) is 49.8. The van der Waals surface area contributed by atoms with Gasteiger partial charge in [-0.15, -0.1) is 0 Å². The Morgan fingerprint density at radius 3 is 1.40 bits per heavy atom. The fourth-order valence-corrected chi connectivity index (χ4v) is 13.0. The molecule has 0 spiro atoms. The molecule has 11 amide bonds. The molecule has 31 nitrogen and oxygen atoms in total. The molecule has 4 aromatic rings. The van der Waals surface area contributed by atoms with E-state index in [1.165, 1.54) is 34.1 Å². The lowest BCUT2D eigenvalue weighted by Crippen LogP contribution is -2.62.